The van der Waals surface area contributed by atoms with Gasteiger partial charge in [0.2, 0.25) is 0 Å². The van der Waals surface area contributed by atoms with Crippen LogP contribution < -0.4 is 5.32 Å². The largest absolute Gasteiger partial charge is 0.338 e. The van der Waals surface area contributed by atoms with E-state index in [1.54, 1.807) is 0 Å². The van der Waals surface area contributed by atoms with Gasteiger partial charge in [-0.1, -0.05) is 12.8 Å². The topological polar surface area (TPSA) is 73.9 Å². The molecule has 1 fully saturated rings. The maximum atomic E-state index is 12.7. The lowest BCUT2D eigenvalue weighted by Crippen LogP contribution is -2.42. The summed E-state index contributed by atoms with van der Waals surface area (Å²) in [4.78, 5) is 18.8. The van der Waals surface area contributed by atoms with Gasteiger partial charge in [0.25, 0.3) is 0 Å². The van der Waals surface area contributed by atoms with E-state index < -0.39 is 0 Å². The Balaban J connectivity index is 1.55. The van der Waals surface area contributed by atoms with Gasteiger partial charge in [-0.3, -0.25) is 10.1 Å². The van der Waals surface area contributed by atoms with E-state index >= 15 is 0 Å². The molecule has 1 aliphatic rings. The van der Waals surface area contributed by atoms with Gasteiger partial charge < -0.3 is 10.2 Å². The van der Waals surface area contributed by atoms with E-state index in [9.17, 15) is 4.79 Å². The molecule has 2 amide bonds. The molecule has 6 heteroatoms. The SMILES string of the molecule is Cc1[nH]ncc1CCCNC(=O)N1CCCCCC1c1ccncc1. The Morgan fingerprint density at radius 3 is 2.92 bits per heavy atom. The molecule has 1 aliphatic heterocycles. The van der Waals surface area contributed by atoms with Crippen LogP contribution in [-0.2, 0) is 6.42 Å². The normalized spacial score (nSPS) is 18.0. The monoisotopic (exact) mass is 341 g/mol. The van der Waals surface area contributed by atoms with Crippen molar-refractivity contribution in [1.82, 2.24) is 25.4 Å². The lowest BCUT2D eigenvalue weighted by atomic mass is 10.0. The van der Waals surface area contributed by atoms with E-state index in [0.717, 1.165) is 44.3 Å². The van der Waals surface area contributed by atoms with Gasteiger partial charge in [0, 0.05) is 31.2 Å². The molecule has 1 saturated heterocycles. The van der Waals surface area contributed by atoms with Crippen molar-refractivity contribution in [3.05, 3.63) is 47.5 Å². The zero-order valence-corrected chi connectivity index (χ0v) is 14.9. The van der Waals surface area contributed by atoms with Gasteiger partial charge in [-0.15, -0.1) is 0 Å². The van der Waals surface area contributed by atoms with Crippen molar-refractivity contribution in [2.24, 2.45) is 0 Å². The van der Waals surface area contributed by atoms with E-state index in [1.165, 1.54) is 17.5 Å². The molecule has 0 saturated carbocycles. The summed E-state index contributed by atoms with van der Waals surface area (Å²) >= 11 is 0. The third-order valence-electron chi connectivity index (χ3n) is 4.94. The molecule has 1 unspecified atom stereocenters. The second-order valence-corrected chi connectivity index (χ2v) is 6.69. The van der Waals surface area contributed by atoms with Gasteiger partial charge in [-0.2, -0.15) is 5.10 Å². The third-order valence-corrected chi connectivity index (χ3v) is 4.94. The van der Waals surface area contributed by atoms with Crippen molar-refractivity contribution in [2.75, 3.05) is 13.1 Å². The number of hydrogen-bond acceptors (Lipinski definition) is 3. The number of H-pyrrole nitrogens is 1. The highest BCUT2D eigenvalue weighted by Gasteiger charge is 2.26. The number of nitrogens with one attached hydrogen (secondary N) is 2. The van der Waals surface area contributed by atoms with Gasteiger partial charge >= 0.3 is 6.03 Å². The second kappa shape index (κ2) is 8.65. The molecule has 0 radical (unpaired) electrons. The molecule has 3 rings (SSSR count). The Labute approximate surface area is 149 Å². The maximum Gasteiger partial charge on any atom is 0.317 e. The Morgan fingerprint density at radius 1 is 1.32 bits per heavy atom. The molecule has 0 spiro atoms. The first-order valence-corrected chi connectivity index (χ1v) is 9.19. The third kappa shape index (κ3) is 4.59. The Kier molecular flexibility index (Phi) is 6.04. The molecule has 1 atom stereocenters. The van der Waals surface area contributed by atoms with E-state index in [-0.39, 0.29) is 12.1 Å². The standard InChI is InChI=1S/C19H27N5O/c1-15-17(14-22-23-15)6-5-10-21-19(25)24-13-4-2-3-7-18(24)16-8-11-20-12-9-16/h8-9,11-12,14,18H,2-7,10,13H2,1H3,(H,21,25)(H,22,23). The lowest BCUT2D eigenvalue weighted by Gasteiger charge is -2.30. The van der Waals surface area contributed by atoms with E-state index in [1.807, 2.05) is 42.5 Å². The van der Waals surface area contributed by atoms with Crippen LogP contribution in [0, 0.1) is 6.92 Å². The number of amides is 2. The zero-order valence-electron chi connectivity index (χ0n) is 14.9. The molecule has 2 N–H and O–H groups in total. The molecule has 6 nitrogen and oxygen atoms in total. The molecule has 2 aromatic heterocycles. The first kappa shape index (κ1) is 17.5. The number of aryl methyl sites for hydroxylation is 2. The van der Waals surface area contributed by atoms with Gasteiger partial charge in [0.1, 0.15) is 0 Å². The quantitative estimate of drug-likeness (QED) is 0.819. The molecule has 3 heterocycles. The van der Waals surface area contributed by atoms with Crippen LogP contribution in [0.1, 0.15) is 55.0 Å². The summed E-state index contributed by atoms with van der Waals surface area (Å²) in [6.07, 6.45) is 11.8. The number of carbonyl (C=O) groups is 1. The predicted molar refractivity (Wildman–Crippen MR) is 97.2 cm³/mol. The zero-order chi connectivity index (χ0) is 17.5. The summed E-state index contributed by atoms with van der Waals surface area (Å²) in [5.41, 5.74) is 3.51. The number of urea groups is 1. The fourth-order valence-electron chi connectivity index (χ4n) is 3.49. The van der Waals surface area contributed by atoms with E-state index in [0.29, 0.717) is 6.54 Å². The van der Waals surface area contributed by atoms with Crippen LogP contribution in [0.25, 0.3) is 0 Å². The van der Waals surface area contributed by atoms with Crippen LogP contribution in [0.2, 0.25) is 0 Å². The molecule has 0 bridgehead atoms. The Morgan fingerprint density at radius 2 is 2.16 bits per heavy atom. The molecule has 134 valence electrons. The fourth-order valence-corrected chi connectivity index (χ4v) is 3.49. The number of pyridine rings is 1. The average Bonchev–Trinajstić information content (AvgIpc) is 2.90. The number of rotatable bonds is 5. The first-order valence-electron chi connectivity index (χ1n) is 9.19. The molecular formula is C19H27N5O. The van der Waals surface area contributed by atoms with Crippen molar-refractivity contribution in [1.29, 1.82) is 0 Å². The van der Waals surface area contributed by atoms with Crippen molar-refractivity contribution < 1.29 is 4.79 Å². The van der Waals surface area contributed by atoms with Gasteiger partial charge in [0.15, 0.2) is 0 Å². The van der Waals surface area contributed by atoms with Crippen LogP contribution in [0.5, 0.6) is 0 Å². The highest BCUT2D eigenvalue weighted by molar-refractivity contribution is 5.74. The van der Waals surface area contributed by atoms with Crippen molar-refractivity contribution in [3.63, 3.8) is 0 Å². The lowest BCUT2D eigenvalue weighted by molar-refractivity contribution is 0.175. The first-order chi connectivity index (χ1) is 12.3. The Hall–Kier alpha value is -2.37. The molecule has 0 aliphatic carbocycles. The van der Waals surface area contributed by atoms with E-state index in [2.05, 4.69) is 20.5 Å². The number of aromatic nitrogens is 3. The predicted octanol–water partition coefficient (Wildman–Crippen LogP) is 3.37. The fraction of sp³-hybridized carbons (Fsp3) is 0.526. The highest BCUT2D eigenvalue weighted by Crippen LogP contribution is 2.29. The molecule has 2 aromatic rings. The average molecular weight is 341 g/mol. The van der Waals surface area contributed by atoms with Crippen molar-refractivity contribution >= 4 is 6.03 Å². The summed E-state index contributed by atoms with van der Waals surface area (Å²) in [5.74, 6) is 0. The maximum absolute atomic E-state index is 12.7. The van der Waals surface area contributed by atoms with E-state index in [4.69, 9.17) is 0 Å². The molecule has 25 heavy (non-hydrogen) atoms. The van der Waals surface area contributed by atoms with Crippen LogP contribution in [0.4, 0.5) is 4.79 Å². The summed E-state index contributed by atoms with van der Waals surface area (Å²) in [5, 5.41) is 10.1. The number of nitrogens with zero attached hydrogens (tertiary/aromatic N) is 3. The smallest absolute Gasteiger partial charge is 0.317 e. The number of likely N-dealkylation sites (tertiary alicyclic amines) is 1. The minimum absolute atomic E-state index is 0.0487. The van der Waals surface area contributed by atoms with Gasteiger partial charge in [-0.25, -0.2) is 4.79 Å². The summed E-state index contributed by atoms with van der Waals surface area (Å²) in [6, 6.07) is 4.25. The summed E-state index contributed by atoms with van der Waals surface area (Å²) < 4.78 is 0. The number of carbonyl (C=O) groups excluding carboxylic acids is 1. The number of hydrogen-bond donors (Lipinski definition) is 2. The minimum atomic E-state index is 0.0487. The molecular weight excluding hydrogens is 314 g/mol. The number of aromatic amines is 1. The van der Waals surface area contributed by atoms with Crippen LogP contribution >= 0.6 is 0 Å². The van der Waals surface area contributed by atoms with Crippen molar-refractivity contribution in [3.8, 4) is 0 Å². The second-order valence-electron chi connectivity index (χ2n) is 6.69. The van der Waals surface area contributed by atoms with Gasteiger partial charge in [-0.05, 0) is 55.9 Å². The Bertz CT molecular complexity index is 669. The summed E-state index contributed by atoms with van der Waals surface area (Å²) in [6.45, 7) is 3.53. The minimum Gasteiger partial charge on any atom is -0.338 e. The van der Waals surface area contributed by atoms with Gasteiger partial charge in [0.05, 0.1) is 12.2 Å². The van der Waals surface area contributed by atoms with Crippen LogP contribution in [0.3, 0.4) is 0 Å². The van der Waals surface area contributed by atoms with Crippen LogP contribution in [0.15, 0.2) is 30.7 Å². The molecule has 0 aromatic carbocycles. The van der Waals surface area contributed by atoms with Crippen molar-refractivity contribution in [2.45, 2.75) is 51.5 Å². The van der Waals surface area contributed by atoms with Crippen LogP contribution in [-0.4, -0.2) is 39.2 Å². The summed E-state index contributed by atoms with van der Waals surface area (Å²) in [7, 11) is 0. The highest BCUT2D eigenvalue weighted by atomic mass is 16.2.